The molecule has 38 heavy (non-hydrogen) atoms. The van der Waals surface area contributed by atoms with Gasteiger partial charge < -0.3 is 19.5 Å². The standard InChI is InChI=1S/C29H26ClN3O5/c1-36-26-14-10-21(15-27(26)37-2)29(35)31-17-28(34)33-32-16-24-23-6-4-3-5-20(23)9-13-25(24)38-18-19-7-11-22(30)12-8-19/h3-16H,17-18H2,1-2H3,(H,31,35)(H,33,34). The van der Waals surface area contributed by atoms with Crippen LogP contribution >= 0.6 is 11.6 Å². The lowest BCUT2D eigenvalue weighted by atomic mass is 10.0. The van der Waals surface area contributed by atoms with E-state index in [9.17, 15) is 9.59 Å². The zero-order chi connectivity index (χ0) is 26.9. The van der Waals surface area contributed by atoms with Gasteiger partial charge in [0.25, 0.3) is 11.8 Å². The van der Waals surface area contributed by atoms with Crippen LogP contribution in [0.1, 0.15) is 21.5 Å². The summed E-state index contributed by atoms with van der Waals surface area (Å²) in [4.78, 5) is 24.8. The molecule has 4 aromatic carbocycles. The lowest BCUT2D eigenvalue weighted by molar-refractivity contribution is -0.120. The van der Waals surface area contributed by atoms with E-state index in [0.717, 1.165) is 16.3 Å². The number of benzene rings is 4. The second kappa shape index (κ2) is 12.6. The Hall–Kier alpha value is -4.56. The van der Waals surface area contributed by atoms with E-state index in [1.165, 1.54) is 26.5 Å². The van der Waals surface area contributed by atoms with Gasteiger partial charge in [-0.25, -0.2) is 5.43 Å². The first-order chi connectivity index (χ1) is 18.5. The first-order valence-corrected chi connectivity index (χ1v) is 12.1. The van der Waals surface area contributed by atoms with Crippen LogP contribution in [0.5, 0.6) is 17.2 Å². The molecule has 9 heteroatoms. The van der Waals surface area contributed by atoms with E-state index in [0.29, 0.717) is 40.0 Å². The van der Waals surface area contributed by atoms with Crippen LogP contribution in [0, 0.1) is 0 Å². The average molecular weight is 532 g/mol. The first kappa shape index (κ1) is 26.5. The van der Waals surface area contributed by atoms with Gasteiger partial charge in [-0.2, -0.15) is 5.10 Å². The van der Waals surface area contributed by atoms with Crippen molar-refractivity contribution in [1.29, 1.82) is 0 Å². The molecular weight excluding hydrogens is 506 g/mol. The summed E-state index contributed by atoms with van der Waals surface area (Å²) in [7, 11) is 2.99. The molecule has 0 aliphatic heterocycles. The molecule has 4 aromatic rings. The van der Waals surface area contributed by atoms with E-state index < -0.39 is 11.8 Å². The molecule has 0 atom stereocenters. The molecule has 4 rings (SSSR count). The molecule has 2 N–H and O–H groups in total. The Morgan fingerprint density at radius 2 is 1.63 bits per heavy atom. The summed E-state index contributed by atoms with van der Waals surface area (Å²) in [6.07, 6.45) is 1.54. The Morgan fingerprint density at radius 3 is 2.39 bits per heavy atom. The monoisotopic (exact) mass is 531 g/mol. The number of hydrazone groups is 1. The molecule has 0 radical (unpaired) electrons. The van der Waals surface area contributed by atoms with Crippen molar-refractivity contribution in [2.45, 2.75) is 6.61 Å². The number of carbonyl (C=O) groups excluding carboxylic acids is 2. The fraction of sp³-hybridized carbons (Fsp3) is 0.138. The quantitative estimate of drug-likeness (QED) is 0.222. The second-order valence-electron chi connectivity index (χ2n) is 8.16. The fourth-order valence-electron chi connectivity index (χ4n) is 3.72. The Labute approximate surface area is 225 Å². The Bertz CT molecular complexity index is 1470. The molecule has 0 aliphatic carbocycles. The van der Waals surface area contributed by atoms with Crippen LogP contribution in [0.3, 0.4) is 0 Å². The number of methoxy groups -OCH3 is 2. The smallest absolute Gasteiger partial charge is 0.259 e. The summed E-state index contributed by atoms with van der Waals surface area (Å²) in [5.41, 5.74) is 4.46. The van der Waals surface area contributed by atoms with Crippen molar-refractivity contribution in [3.8, 4) is 17.2 Å². The molecule has 0 spiro atoms. The average Bonchev–Trinajstić information content (AvgIpc) is 2.95. The summed E-state index contributed by atoms with van der Waals surface area (Å²) in [6, 6.07) is 23.8. The highest BCUT2D eigenvalue weighted by Gasteiger charge is 2.12. The Balaban J connectivity index is 1.41. The number of halogens is 1. The van der Waals surface area contributed by atoms with Crippen LogP contribution in [-0.2, 0) is 11.4 Å². The molecule has 8 nitrogen and oxygen atoms in total. The maximum absolute atomic E-state index is 12.5. The Kier molecular flexibility index (Phi) is 8.79. The SMILES string of the molecule is COc1ccc(C(=O)NCC(=O)NN=Cc2c(OCc3ccc(Cl)cc3)ccc3ccccc23)cc1OC. The summed E-state index contributed by atoms with van der Waals surface area (Å²) in [6.45, 7) is 0.0743. The third-order valence-electron chi connectivity index (χ3n) is 5.68. The van der Waals surface area contributed by atoms with Crippen molar-refractivity contribution < 1.29 is 23.8 Å². The minimum Gasteiger partial charge on any atom is -0.493 e. The number of hydrogen-bond acceptors (Lipinski definition) is 6. The fourth-order valence-corrected chi connectivity index (χ4v) is 3.85. The normalized spacial score (nSPS) is 10.8. The third-order valence-corrected chi connectivity index (χ3v) is 5.93. The number of rotatable bonds is 10. The highest BCUT2D eigenvalue weighted by molar-refractivity contribution is 6.30. The van der Waals surface area contributed by atoms with E-state index in [-0.39, 0.29) is 6.54 Å². The van der Waals surface area contributed by atoms with Crippen LogP contribution in [-0.4, -0.2) is 38.8 Å². The van der Waals surface area contributed by atoms with Crippen molar-refractivity contribution >= 4 is 40.4 Å². The van der Waals surface area contributed by atoms with E-state index in [1.807, 2.05) is 60.7 Å². The maximum Gasteiger partial charge on any atom is 0.259 e. The number of nitrogens with zero attached hydrogens (tertiary/aromatic N) is 1. The van der Waals surface area contributed by atoms with Crippen LogP contribution in [0.4, 0.5) is 0 Å². The van der Waals surface area contributed by atoms with E-state index >= 15 is 0 Å². The van der Waals surface area contributed by atoms with Crippen LogP contribution < -0.4 is 25.0 Å². The van der Waals surface area contributed by atoms with E-state index in [1.54, 1.807) is 12.1 Å². The number of nitrogens with one attached hydrogen (secondary N) is 2. The highest BCUT2D eigenvalue weighted by Crippen LogP contribution is 2.28. The molecule has 0 unspecified atom stereocenters. The lowest BCUT2D eigenvalue weighted by Crippen LogP contribution is -2.34. The van der Waals surface area contributed by atoms with Crippen molar-refractivity contribution in [2.24, 2.45) is 5.10 Å². The molecule has 0 fully saturated rings. The molecule has 0 saturated heterocycles. The van der Waals surface area contributed by atoms with Gasteiger partial charge in [0.2, 0.25) is 0 Å². The molecule has 0 bridgehead atoms. The Morgan fingerprint density at radius 1 is 0.895 bits per heavy atom. The van der Waals surface area contributed by atoms with Crippen LogP contribution in [0.15, 0.2) is 84.0 Å². The van der Waals surface area contributed by atoms with Gasteiger partial charge in [-0.05, 0) is 52.7 Å². The number of amides is 2. The van der Waals surface area contributed by atoms with E-state index in [2.05, 4.69) is 15.8 Å². The largest absolute Gasteiger partial charge is 0.493 e. The lowest BCUT2D eigenvalue weighted by Gasteiger charge is -2.12. The van der Waals surface area contributed by atoms with Gasteiger partial charge in [-0.3, -0.25) is 9.59 Å². The number of fused-ring (bicyclic) bond motifs is 1. The van der Waals surface area contributed by atoms with Gasteiger partial charge in [0.05, 0.1) is 27.0 Å². The topological polar surface area (TPSA) is 98.2 Å². The molecule has 0 saturated carbocycles. The van der Waals surface area contributed by atoms with Crippen molar-refractivity contribution in [2.75, 3.05) is 20.8 Å². The minimum absolute atomic E-state index is 0.264. The molecule has 0 aromatic heterocycles. The van der Waals surface area contributed by atoms with Crippen molar-refractivity contribution in [3.63, 3.8) is 0 Å². The summed E-state index contributed by atoms with van der Waals surface area (Å²) in [5, 5.41) is 9.25. The minimum atomic E-state index is -0.487. The van der Waals surface area contributed by atoms with Gasteiger partial charge in [0.1, 0.15) is 12.4 Å². The number of carbonyl (C=O) groups is 2. The van der Waals surface area contributed by atoms with Crippen LogP contribution in [0.2, 0.25) is 5.02 Å². The van der Waals surface area contributed by atoms with Gasteiger partial charge in [0, 0.05) is 16.1 Å². The zero-order valence-corrected chi connectivity index (χ0v) is 21.6. The maximum atomic E-state index is 12.5. The molecule has 194 valence electrons. The summed E-state index contributed by atoms with van der Waals surface area (Å²) < 4.78 is 16.5. The molecule has 0 aliphatic rings. The van der Waals surface area contributed by atoms with Gasteiger partial charge in [-0.15, -0.1) is 0 Å². The number of ether oxygens (including phenoxy) is 3. The predicted molar refractivity (Wildman–Crippen MR) is 147 cm³/mol. The first-order valence-electron chi connectivity index (χ1n) is 11.7. The predicted octanol–water partition coefficient (Wildman–Crippen LogP) is 4.97. The molecule has 2 amide bonds. The second-order valence-corrected chi connectivity index (χ2v) is 8.60. The molecule has 0 heterocycles. The third kappa shape index (κ3) is 6.60. The van der Waals surface area contributed by atoms with Crippen molar-refractivity contribution in [1.82, 2.24) is 10.7 Å². The van der Waals surface area contributed by atoms with Gasteiger partial charge in [0.15, 0.2) is 11.5 Å². The zero-order valence-electron chi connectivity index (χ0n) is 20.9. The van der Waals surface area contributed by atoms with Gasteiger partial charge >= 0.3 is 0 Å². The summed E-state index contributed by atoms with van der Waals surface area (Å²) >= 11 is 5.97. The van der Waals surface area contributed by atoms with Crippen molar-refractivity contribution in [3.05, 3.63) is 101 Å². The summed E-state index contributed by atoms with van der Waals surface area (Å²) in [5.74, 6) is 0.605. The highest BCUT2D eigenvalue weighted by atomic mass is 35.5. The van der Waals surface area contributed by atoms with Crippen LogP contribution in [0.25, 0.3) is 10.8 Å². The number of hydrogen-bond donors (Lipinski definition) is 2. The molecular formula is C29H26ClN3O5. The van der Waals surface area contributed by atoms with E-state index in [4.69, 9.17) is 25.8 Å². The van der Waals surface area contributed by atoms with Gasteiger partial charge in [-0.1, -0.05) is 54.1 Å².